The third-order valence-electron chi connectivity index (χ3n) is 4.89. The molecule has 1 saturated carbocycles. The number of hydrogen-bond donors (Lipinski definition) is 1. The van der Waals surface area contributed by atoms with E-state index in [4.69, 9.17) is 9.47 Å². The summed E-state index contributed by atoms with van der Waals surface area (Å²) >= 11 is 1.58. The average molecular weight is 382 g/mol. The summed E-state index contributed by atoms with van der Waals surface area (Å²) in [7, 11) is 0. The van der Waals surface area contributed by atoms with Crippen LogP contribution in [0.2, 0.25) is 0 Å². The van der Waals surface area contributed by atoms with Crippen LogP contribution < -0.4 is 19.7 Å². The van der Waals surface area contributed by atoms with Crippen molar-refractivity contribution in [3.05, 3.63) is 48.0 Å². The molecule has 3 aliphatic rings. The lowest BCUT2D eigenvalue weighted by Crippen LogP contribution is -2.27. The third kappa shape index (κ3) is 3.12. The van der Waals surface area contributed by atoms with E-state index < -0.39 is 0 Å². The van der Waals surface area contributed by atoms with Crippen LogP contribution in [0.25, 0.3) is 0 Å². The number of amides is 2. The number of fused-ring (bicyclic) bond motifs is 1. The Morgan fingerprint density at radius 2 is 1.96 bits per heavy atom. The van der Waals surface area contributed by atoms with Crippen molar-refractivity contribution in [2.24, 2.45) is 5.92 Å². The van der Waals surface area contributed by atoms with Crippen molar-refractivity contribution >= 4 is 35.0 Å². The number of ether oxygens (including phenoxy) is 2. The summed E-state index contributed by atoms with van der Waals surface area (Å²) in [6.07, 6.45) is 1.94. The van der Waals surface area contributed by atoms with E-state index in [0.717, 1.165) is 29.8 Å². The van der Waals surface area contributed by atoms with Crippen molar-refractivity contribution in [1.82, 2.24) is 0 Å². The maximum atomic E-state index is 12.6. The first-order chi connectivity index (χ1) is 13.2. The lowest BCUT2D eigenvalue weighted by atomic mass is 10.1. The average Bonchev–Trinajstić information content (AvgIpc) is 3.31. The zero-order valence-corrected chi connectivity index (χ0v) is 15.3. The van der Waals surface area contributed by atoms with Crippen LogP contribution in [0.15, 0.2) is 42.5 Å². The predicted octanol–water partition coefficient (Wildman–Crippen LogP) is 3.54. The van der Waals surface area contributed by atoms with Crippen LogP contribution in [-0.4, -0.2) is 24.4 Å². The number of hydrogen-bond acceptors (Lipinski definition) is 5. The van der Waals surface area contributed by atoms with E-state index in [1.54, 1.807) is 16.7 Å². The molecule has 27 heavy (non-hydrogen) atoms. The van der Waals surface area contributed by atoms with Crippen molar-refractivity contribution in [1.29, 1.82) is 0 Å². The Labute approximate surface area is 160 Å². The Morgan fingerprint density at radius 1 is 1.11 bits per heavy atom. The lowest BCUT2D eigenvalue weighted by molar-refractivity contribution is -0.117. The summed E-state index contributed by atoms with van der Waals surface area (Å²) in [6, 6.07) is 13.3. The minimum Gasteiger partial charge on any atom is -0.454 e. The van der Waals surface area contributed by atoms with Gasteiger partial charge in [0.2, 0.25) is 18.6 Å². The summed E-state index contributed by atoms with van der Waals surface area (Å²) < 4.78 is 10.8. The van der Waals surface area contributed by atoms with Crippen LogP contribution in [0.3, 0.4) is 0 Å². The number of carbonyl (C=O) groups is 2. The Morgan fingerprint density at radius 3 is 2.81 bits per heavy atom. The van der Waals surface area contributed by atoms with Crippen LogP contribution >= 0.6 is 11.8 Å². The second-order valence-electron chi connectivity index (χ2n) is 6.85. The predicted molar refractivity (Wildman–Crippen MR) is 103 cm³/mol. The standard InChI is InChI=1S/C20H18N2O4S/c23-18-10-27-20(22(18)15-6-7-16-17(9-15)26-11-25-16)13-2-1-3-14(8-13)21-19(24)12-4-5-12/h1-3,6-9,12,20H,4-5,10-11H2,(H,21,24)/t20-/m0/s1. The van der Waals surface area contributed by atoms with Crippen LogP contribution in [-0.2, 0) is 9.59 Å². The molecule has 2 aromatic rings. The van der Waals surface area contributed by atoms with Gasteiger partial charge in [-0.2, -0.15) is 0 Å². The monoisotopic (exact) mass is 382 g/mol. The molecule has 2 amide bonds. The number of nitrogens with zero attached hydrogens (tertiary/aromatic N) is 1. The van der Waals surface area contributed by atoms with Gasteiger partial charge in [0.25, 0.3) is 0 Å². The van der Waals surface area contributed by atoms with Crippen LogP contribution in [0.4, 0.5) is 11.4 Å². The fraction of sp³-hybridized carbons (Fsp3) is 0.300. The molecule has 2 aliphatic heterocycles. The fourth-order valence-corrected chi connectivity index (χ4v) is 4.51. The number of rotatable bonds is 4. The van der Waals surface area contributed by atoms with E-state index in [2.05, 4.69) is 5.32 Å². The third-order valence-corrected chi connectivity index (χ3v) is 6.10. The molecule has 1 saturated heterocycles. The van der Waals surface area contributed by atoms with E-state index in [0.29, 0.717) is 17.3 Å². The quantitative estimate of drug-likeness (QED) is 0.876. The highest BCUT2D eigenvalue weighted by molar-refractivity contribution is 8.00. The Balaban J connectivity index is 1.43. The molecule has 1 N–H and O–H groups in total. The molecule has 0 aromatic heterocycles. The van der Waals surface area contributed by atoms with E-state index >= 15 is 0 Å². The minimum atomic E-state index is -0.143. The van der Waals surface area contributed by atoms with Gasteiger partial charge in [-0.3, -0.25) is 14.5 Å². The molecule has 0 spiro atoms. The molecule has 5 rings (SSSR count). The molecule has 0 radical (unpaired) electrons. The molecule has 7 heteroatoms. The summed E-state index contributed by atoms with van der Waals surface area (Å²) in [5, 5.41) is 2.84. The molecule has 1 atom stereocenters. The highest BCUT2D eigenvalue weighted by Gasteiger charge is 2.35. The molecular weight excluding hydrogens is 364 g/mol. The molecule has 138 valence electrons. The zero-order valence-electron chi connectivity index (χ0n) is 14.5. The highest BCUT2D eigenvalue weighted by Crippen LogP contribution is 2.45. The van der Waals surface area contributed by atoms with Crippen LogP contribution in [0.1, 0.15) is 23.8 Å². The van der Waals surface area contributed by atoms with Crippen molar-refractivity contribution < 1.29 is 19.1 Å². The molecule has 0 unspecified atom stereocenters. The van der Waals surface area contributed by atoms with Crippen molar-refractivity contribution in [3.63, 3.8) is 0 Å². The molecular formula is C20H18N2O4S. The van der Waals surface area contributed by atoms with E-state index in [9.17, 15) is 9.59 Å². The first-order valence-corrected chi connectivity index (χ1v) is 9.98. The van der Waals surface area contributed by atoms with Gasteiger partial charge < -0.3 is 14.8 Å². The topological polar surface area (TPSA) is 67.9 Å². The van der Waals surface area contributed by atoms with Gasteiger partial charge in [0.15, 0.2) is 11.5 Å². The Kier molecular flexibility index (Phi) is 3.97. The smallest absolute Gasteiger partial charge is 0.238 e. The fourth-order valence-electron chi connectivity index (χ4n) is 3.34. The number of carbonyl (C=O) groups excluding carboxylic acids is 2. The van der Waals surface area contributed by atoms with Gasteiger partial charge in [0.05, 0.1) is 5.75 Å². The van der Waals surface area contributed by atoms with Crippen LogP contribution in [0.5, 0.6) is 11.5 Å². The van der Waals surface area contributed by atoms with Crippen molar-refractivity contribution in [3.8, 4) is 11.5 Å². The normalized spacial score (nSPS) is 20.8. The molecule has 6 nitrogen and oxygen atoms in total. The Bertz CT molecular complexity index is 928. The number of nitrogens with one attached hydrogen (secondary N) is 1. The molecule has 1 aliphatic carbocycles. The first kappa shape index (κ1) is 16.5. The summed E-state index contributed by atoms with van der Waals surface area (Å²) in [4.78, 5) is 26.4. The van der Waals surface area contributed by atoms with Gasteiger partial charge in [-0.05, 0) is 42.7 Å². The maximum Gasteiger partial charge on any atom is 0.238 e. The molecule has 2 aromatic carbocycles. The summed E-state index contributed by atoms with van der Waals surface area (Å²) in [6.45, 7) is 0.202. The molecule has 2 heterocycles. The lowest BCUT2D eigenvalue weighted by Gasteiger charge is -2.25. The largest absolute Gasteiger partial charge is 0.454 e. The second-order valence-corrected chi connectivity index (χ2v) is 7.92. The molecule has 2 fully saturated rings. The van der Waals surface area contributed by atoms with Crippen molar-refractivity contribution in [2.45, 2.75) is 18.2 Å². The molecule has 0 bridgehead atoms. The first-order valence-electron chi connectivity index (χ1n) is 8.93. The van der Waals surface area contributed by atoms with Gasteiger partial charge in [-0.25, -0.2) is 0 Å². The van der Waals surface area contributed by atoms with E-state index in [-0.39, 0.29) is 29.9 Å². The summed E-state index contributed by atoms with van der Waals surface area (Å²) in [5.74, 6) is 2.05. The minimum absolute atomic E-state index is 0.0521. The number of anilines is 2. The van der Waals surface area contributed by atoms with Gasteiger partial charge in [-0.1, -0.05) is 12.1 Å². The van der Waals surface area contributed by atoms with Gasteiger partial charge in [0.1, 0.15) is 5.37 Å². The Hall–Kier alpha value is -2.67. The SMILES string of the molecule is O=C(Nc1cccc([C@@H]2SCC(=O)N2c2ccc3c(c2)OCO3)c1)C1CC1. The maximum absolute atomic E-state index is 12.6. The number of thioether (sulfide) groups is 1. The van der Waals surface area contributed by atoms with Crippen molar-refractivity contribution in [2.75, 3.05) is 22.8 Å². The van der Waals surface area contributed by atoms with E-state index in [1.807, 2.05) is 42.5 Å². The second kappa shape index (κ2) is 6.49. The zero-order chi connectivity index (χ0) is 18.4. The van der Waals surface area contributed by atoms with E-state index in [1.165, 1.54) is 0 Å². The van der Waals surface area contributed by atoms with Crippen LogP contribution in [0, 0.1) is 5.92 Å². The van der Waals surface area contributed by atoms with Gasteiger partial charge in [-0.15, -0.1) is 11.8 Å². The number of benzene rings is 2. The van der Waals surface area contributed by atoms with Gasteiger partial charge >= 0.3 is 0 Å². The highest BCUT2D eigenvalue weighted by atomic mass is 32.2. The van der Waals surface area contributed by atoms with Gasteiger partial charge in [0, 0.05) is 23.4 Å². The summed E-state index contributed by atoms with van der Waals surface area (Å²) in [5.41, 5.74) is 2.54.